The average molecular weight is 332 g/mol. The van der Waals surface area contributed by atoms with E-state index in [0.29, 0.717) is 31.5 Å². The van der Waals surface area contributed by atoms with Gasteiger partial charge in [-0.1, -0.05) is 18.2 Å². The van der Waals surface area contributed by atoms with E-state index in [9.17, 15) is 5.11 Å². The van der Waals surface area contributed by atoms with E-state index in [4.69, 9.17) is 9.15 Å². The van der Waals surface area contributed by atoms with Gasteiger partial charge in [-0.3, -0.25) is 9.80 Å². The Morgan fingerprint density at radius 3 is 2.50 bits per heavy atom. The molecule has 7 nitrogen and oxygen atoms in total. The maximum Gasteiger partial charge on any atom is 0.230 e. The Bertz CT molecular complexity index is 611. The second-order valence-corrected chi connectivity index (χ2v) is 6.07. The number of rotatable bonds is 7. The number of aliphatic hydroxyl groups is 1. The van der Waals surface area contributed by atoms with Gasteiger partial charge in [0.05, 0.1) is 6.54 Å². The Balaban J connectivity index is 1.35. The van der Waals surface area contributed by atoms with E-state index in [0.717, 1.165) is 31.9 Å². The summed E-state index contributed by atoms with van der Waals surface area (Å²) < 4.78 is 11.0. The smallest absolute Gasteiger partial charge is 0.230 e. The third kappa shape index (κ3) is 5.02. The number of benzene rings is 1. The number of para-hydroxylation sites is 1. The SMILES string of the molecule is Cc1nnc(CN2CCN(C[C@@H](O)COc3ccccc3)CC2)o1. The fourth-order valence-corrected chi connectivity index (χ4v) is 2.78. The normalized spacial score (nSPS) is 17.8. The summed E-state index contributed by atoms with van der Waals surface area (Å²) in [5, 5.41) is 18.0. The molecule has 2 aromatic rings. The van der Waals surface area contributed by atoms with Crippen molar-refractivity contribution in [3.63, 3.8) is 0 Å². The molecule has 24 heavy (non-hydrogen) atoms. The molecular formula is C17H24N4O3. The Hall–Kier alpha value is -1.96. The zero-order valence-corrected chi connectivity index (χ0v) is 14.0. The molecule has 1 aromatic heterocycles. The van der Waals surface area contributed by atoms with Crippen LogP contribution in [-0.2, 0) is 6.54 Å². The average Bonchev–Trinajstić information content (AvgIpc) is 3.01. The summed E-state index contributed by atoms with van der Waals surface area (Å²) >= 11 is 0. The molecule has 130 valence electrons. The molecule has 0 amide bonds. The predicted octanol–water partition coefficient (Wildman–Crippen LogP) is 0.936. The van der Waals surface area contributed by atoms with E-state index in [1.54, 1.807) is 6.92 Å². The van der Waals surface area contributed by atoms with Crippen LogP contribution >= 0.6 is 0 Å². The fourth-order valence-electron chi connectivity index (χ4n) is 2.78. The minimum Gasteiger partial charge on any atom is -0.491 e. The Morgan fingerprint density at radius 2 is 1.83 bits per heavy atom. The van der Waals surface area contributed by atoms with Gasteiger partial charge in [-0.2, -0.15) is 0 Å². The van der Waals surface area contributed by atoms with Crippen LogP contribution in [0.4, 0.5) is 0 Å². The molecular weight excluding hydrogens is 308 g/mol. The first-order chi connectivity index (χ1) is 11.7. The van der Waals surface area contributed by atoms with Crippen molar-refractivity contribution in [1.29, 1.82) is 0 Å². The van der Waals surface area contributed by atoms with Crippen LogP contribution in [0.3, 0.4) is 0 Å². The fraction of sp³-hybridized carbons (Fsp3) is 0.529. The van der Waals surface area contributed by atoms with Crippen molar-refractivity contribution < 1.29 is 14.3 Å². The van der Waals surface area contributed by atoms with Crippen LogP contribution in [0, 0.1) is 6.92 Å². The van der Waals surface area contributed by atoms with E-state index in [-0.39, 0.29) is 0 Å². The van der Waals surface area contributed by atoms with Gasteiger partial charge < -0.3 is 14.3 Å². The van der Waals surface area contributed by atoms with Crippen LogP contribution in [0.5, 0.6) is 5.75 Å². The zero-order valence-electron chi connectivity index (χ0n) is 14.0. The lowest BCUT2D eigenvalue weighted by molar-refractivity contribution is 0.0430. The van der Waals surface area contributed by atoms with Gasteiger partial charge in [0.25, 0.3) is 0 Å². The number of ether oxygens (including phenoxy) is 1. The first-order valence-corrected chi connectivity index (χ1v) is 8.28. The van der Waals surface area contributed by atoms with Crippen LogP contribution in [0.25, 0.3) is 0 Å². The van der Waals surface area contributed by atoms with E-state index in [1.807, 2.05) is 30.3 Å². The molecule has 0 aliphatic carbocycles. The first-order valence-electron chi connectivity index (χ1n) is 8.28. The summed E-state index contributed by atoms with van der Waals surface area (Å²) in [6, 6.07) is 9.57. The standard InChI is InChI=1S/C17H24N4O3/c1-14-18-19-17(24-14)12-21-9-7-20(8-10-21)11-15(22)13-23-16-5-3-2-4-6-16/h2-6,15,22H,7-13H2,1H3/t15-/m1/s1. The van der Waals surface area contributed by atoms with Crippen molar-refractivity contribution in [3.8, 4) is 5.75 Å². The topological polar surface area (TPSA) is 74.9 Å². The summed E-state index contributed by atoms with van der Waals surface area (Å²) in [7, 11) is 0. The highest BCUT2D eigenvalue weighted by Gasteiger charge is 2.20. The molecule has 1 N–H and O–H groups in total. The zero-order chi connectivity index (χ0) is 16.8. The Morgan fingerprint density at radius 1 is 1.12 bits per heavy atom. The van der Waals surface area contributed by atoms with E-state index in [1.165, 1.54) is 0 Å². The van der Waals surface area contributed by atoms with Crippen molar-refractivity contribution >= 4 is 0 Å². The lowest BCUT2D eigenvalue weighted by Crippen LogP contribution is -2.48. The third-order valence-corrected chi connectivity index (χ3v) is 4.05. The molecule has 7 heteroatoms. The molecule has 0 radical (unpaired) electrons. The largest absolute Gasteiger partial charge is 0.491 e. The highest BCUT2D eigenvalue weighted by atomic mass is 16.5. The van der Waals surface area contributed by atoms with E-state index < -0.39 is 6.10 Å². The van der Waals surface area contributed by atoms with Gasteiger partial charge in [-0.25, -0.2) is 0 Å². The maximum atomic E-state index is 10.2. The van der Waals surface area contributed by atoms with Crippen molar-refractivity contribution in [1.82, 2.24) is 20.0 Å². The van der Waals surface area contributed by atoms with Crippen LogP contribution in [0.1, 0.15) is 11.8 Å². The lowest BCUT2D eigenvalue weighted by Gasteiger charge is -2.34. The predicted molar refractivity (Wildman–Crippen MR) is 88.7 cm³/mol. The van der Waals surface area contributed by atoms with Crippen LogP contribution in [0.2, 0.25) is 0 Å². The van der Waals surface area contributed by atoms with Gasteiger partial charge in [-0.15, -0.1) is 10.2 Å². The van der Waals surface area contributed by atoms with Crippen molar-refractivity contribution in [3.05, 3.63) is 42.1 Å². The van der Waals surface area contributed by atoms with Crippen LogP contribution < -0.4 is 4.74 Å². The van der Waals surface area contributed by atoms with Crippen LogP contribution in [0.15, 0.2) is 34.7 Å². The number of aryl methyl sites for hydroxylation is 1. The molecule has 0 bridgehead atoms. The molecule has 1 fully saturated rings. The maximum absolute atomic E-state index is 10.2. The molecule has 1 atom stereocenters. The molecule has 2 heterocycles. The molecule has 1 aliphatic rings. The van der Waals surface area contributed by atoms with Gasteiger partial charge in [-0.05, 0) is 12.1 Å². The monoisotopic (exact) mass is 332 g/mol. The number of aromatic nitrogens is 2. The van der Waals surface area contributed by atoms with Crippen molar-refractivity contribution in [2.24, 2.45) is 0 Å². The molecule has 1 aromatic carbocycles. The summed E-state index contributed by atoms with van der Waals surface area (Å²) in [6.07, 6.45) is -0.490. The van der Waals surface area contributed by atoms with Crippen molar-refractivity contribution in [2.45, 2.75) is 19.6 Å². The number of piperazine rings is 1. The second-order valence-electron chi connectivity index (χ2n) is 6.07. The van der Waals surface area contributed by atoms with Gasteiger partial charge in [0.15, 0.2) is 0 Å². The molecule has 0 unspecified atom stereocenters. The summed E-state index contributed by atoms with van der Waals surface area (Å²) in [5.74, 6) is 2.05. The number of hydrogen-bond donors (Lipinski definition) is 1. The lowest BCUT2D eigenvalue weighted by atomic mass is 10.2. The molecule has 0 saturated carbocycles. The van der Waals surface area contributed by atoms with Gasteiger partial charge in [0, 0.05) is 39.6 Å². The number of β-amino-alcohol motifs (C(OH)–C–C–N with tert-alkyl or cyclic N) is 1. The molecule has 3 rings (SSSR count). The highest BCUT2D eigenvalue weighted by molar-refractivity contribution is 5.20. The minimum absolute atomic E-state index is 0.311. The number of aliphatic hydroxyl groups excluding tert-OH is 1. The summed E-state index contributed by atoms with van der Waals surface area (Å²) in [4.78, 5) is 4.55. The molecule has 1 aliphatic heterocycles. The second kappa shape index (κ2) is 8.23. The first kappa shape index (κ1) is 16.9. The minimum atomic E-state index is -0.490. The van der Waals surface area contributed by atoms with Gasteiger partial charge >= 0.3 is 0 Å². The summed E-state index contributed by atoms with van der Waals surface area (Å²) in [6.45, 7) is 7.10. The quantitative estimate of drug-likeness (QED) is 0.808. The number of hydrogen-bond acceptors (Lipinski definition) is 7. The van der Waals surface area contributed by atoms with Gasteiger partial charge in [0.2, 0.25) is 11.8 Å². The van der Waals surface area contributed by atoms with E-state index >= 15 is 0 Å². The Labute approximate surface area is 141 Å². The Kier molecular flexibility index (Phi) is 5.79. The third-order valence-electron chi connectivity index (χ3n) is 4.05. The van der Waals surface area contributed by atoms with Crippen molar-refractivity contribution in [2.75, 3.05) is 39.3 Å². The molecule has 1 saturated heterocycles. The highest BCUT2D eigenvalue weighted by Crippen LogP contribution is 2.10. The summed E-state index contributed by atoms with van der Waals surface area (Å²) in [5.41, 5.74) is 0. The van der Waals surface area contributed by atoms with Gasteiger partial charge in [0.1, 0.15) is 18.5 Å². The van der Waals surface area contributed by atoms with E-state index in [2.05, 4.69) is 20.0 Å². The number of nitrogens with zero attached hydrogens (tertiary/aromatic N) is 4. The van der Waals surface area contributed by atoms with Crippen LogP contribution in [-0.4, -0.2) is 70.5 Å². The molecule has 0 spiro atoms.